The molecule has 116 valence electrons. The van der Waals surface area contributed by atoms with E-state index in [1.54, 1.807) is 11.3 Å². The van der Waals surface area contributed by atoms with E-state index in [-0.39, 0.29) is 23.3 Å². The zero-order chi connectivity index (χ0) is 15.6. The molecule has 0 spiro atoms. The molecule has 4 nitrogen and oxygen atoms in total. The molecule has 0 aliphatic carbocycles. The zero-order valence-electron chi connectivity index (χ0n) is 13.2. The van der Waals surface area contributed by atoms with Crippen molar-refractivity contribution in [2.24, 2.45) is 5.41 Å². The van der Waals surface area contributed by atoms with Crippen LogP contribution in [0.25, 0.3) is 0 Å². The van der Waals surface area contributed by atoms with Gasteiger partial charge < -0.3 is 10.2 Å². The Morgan fingerprint density at radius 2 is 2.14 bits per heavy atom. The third kappa shape index (κ3) is 3.84. The Bertz CT molecular complexity index is 505. The second-order valence-corrected chi connectivity index (χ2v) is 7.61. The van der Waals surface area contributed by atoms with Gasteiger partial charge in [-0.1, -0.05) is 20.8 Å². The van der Waals surface area contributed by atoms with Crippen molar-refractivity contribution < 1.29 is 9.59 Å². The van der Waals surface area contributed by atoms with Gasteiger partial charge in [-0.2, -0.15) is 11.3 Å². The standard InChI is InChI=1S/C16H24N2O2S/c1-11(9-12-6-8-21-10-12)18-7-5-13(19)17-14(15(18)20)16(2,3)4/h6,8,10-11,14H,5,7,9H2,1-4H3,(H,17,19). The van der Waals surface area contributed by atoms with E-state index in [1.165, 1.54) is 5.56 Å². The molecule has 2 rings (SSSR count). The van der Waals surface area contributed by atoms with E-state index in [1.807, 2.05) is 25.7 Å². The molecule has 2 heterocycles. The number of nitrogens with one attached hydrogen (secondary N) is 1. The predicted octanol–water partition coefficient (Wildman–Crippen LogP) is 2.44. The molecule has 2 unspecified atom stereocenters. The van der Waals surface area contributed by atoms with E-state index in [2.05, 4.69) is 29.1 Å². The lowest BCUT2D eigenvalue weighted by atomic mass is 9.85. The number of carbonyl (C=O) groups excluding carboxylic acids is 2. The molecule has 1 aromatic heterocycles. The van der Waals surface area contributed by atoms with Gasteiger partial charge in [0.2, 0.25) is 11.8 Å². The Kier molecular flexibility index (Phi) is 4.71. The van der Waals surface area contributed by atoms with E-state index in [4.69, 9.17) is 0 Å². The van der Waals surface area contributed by atoms with Gasteiger partial charge in [-0.05, 0) is 41.1 Å². The summed E-state index contributed by atoms with van der Waals surface area (Å²) in [5, 5.41) is 7.05. The number of hydrogen-bond donors (Lipinski definition) is 1. The largest absolute Gasteiger partial charge is 0.344 e. The number of carbonyl (C=O) groups is 2. The summed E-state index contributed by atoms with van der Waals surface area (Å²) < 4.78 is 0. The molecule has 1 aliphatic heterocycles. The smallest absolute Gasteiger partial charge is 0.245 e. The summed E-state index contributed by atoms with van der Waals surface area (Å²) in [4.78, 5) is 26.6. The Balaban J connectivity index is 2.17. The normalized spacial score (nSPS) is 21.9. The van der Waals surface area contributed by atoms with Gasteiger partial charge in [-0.15, -0.1) is 0 Å². The third-order valence-corrected chi connectivity index (χ3v) is 4.66. The first kappa shape index (κ1) is 16.0. The van der Waals surface area contributed by atoms with Gasteiger partial charge in [0.1, 0.15) is 6.04 Å². The van der Waals surface area contributed by atoms with E-state index in [9.17, 15) is 9.59 Å². The lowest BCUT2D eigenvalue weighted by Gasteiger charge is -2.35. The number of thiophene rings is 1. The molecule has 1 saturated heterocycles. The fraction of sp³-hybridized carbons (Fsp3) is 0.625. The molecule has 1 N–H and O–H groups in total. The summed E-state index contributed by atoms with van der Waals surface area (Å²) in [5.41, 5.74) is 0.966. The summed E-state index contributed by atoms with van der Waals surface area (Å²) in [7, 11) is 0. The van der Waals surface area contributed by atoms with Crippen molar-refractivity contribution in [3.8, 4) is 0 Å². The van der Waals surface area contributed by atoms with Crippen LogP contribution in [0.3, 0.4) is 0 Å². The molecule has 1 aliphatic rings. The second-order valence-electron chi connectivity index (χ2n) is 6.83. The molecule has 2 atom stereocenters. The Labute approximate surface area is 130 Å². The van der Waals surface area contributed by atoms with Gasteiger partial charge >= 0.3 is 0 Å². The topological polar surface area (TPSA) is 49.4 Å². The molecule has 5 heteroatoms. The van der Waals surface area contributed by atoms with Crippen molar-refractivity contribution >= 4 is 23.2 Å². The molecule has 0 saturated carbocycles. The van der Waals surface area contributed by atoms with Crippen LogP contribution in [0.15, 0.2) is 16.8 Å². The molecule has 2 amide bonds. The summed E-state index contributed by atoms with van der Waals surface area (Å²) in [6, 6.07) is 1.75. The molecular weight excluding hydrogens is 284 g/mol. The quantitative estimate of drug-likeness (QED) is 0.932. The van der Waals surface area contributed by atoms with Crippen molar-refractivity contribution in [1.82, 2.24) is 10.2 Å². The molecule has 21 heavy (non-hydrogen) atoms. The van der Waals surface area contributed by atoms with Crippen molar-refractivity contribution in [2.75, 3.05) is 6.54 Å². The minimum absolute atomic E-state index is 0.0338. The van der Waals surface area contributed by atoms with Crippen LogP contribution < -0.4 is 5.32 Å². The van der Waals surface area contributed by atoms with Crippen molar-refractivity contribution in [3.63, 3.8) is 0 Å². The highest BCUT2D eigenvalue weighted by molar-refractivity contribution is 7.07. The Hall–Kier alpha value is -1.36. The molecular formula is C16H24N2O2S. The van der Waals surface area contributed by atoms with E-state index < -0.39 is 6.04 Å². The lowest BCUT2D eigenvalue weighted by Crippen LogP contribution is -2.53. The number of amides is 2. The van der Waals surface area contributed by atoms with Crippen LogP contribution in [0.5, 0.6) is 0 Å². The van der Waals surface area contributed by atoms with Crippen LogP contribution in [0.1, 0.15) is 39.7 Å². The number of hydrogen-bond acceptors (Lipinski definition) is 3. The maximum absolute atomic E-state index is 12.8. The number of rotatable bonds is 3. The second kappa shape index (κ2) is 6.18. The Morgan fingerprint density at radius 1 is 1.43 bits per heavy atom. The van der Waals surface area contributed by atoms with Gasteiger partial charge in [0.25, 0.3) is 0 Å². The Morgan fingerprint density at radius 3 is 2.71 bits per heavy atom. The first-order valence-corrected chi connectivity index (χ1v) is 8.34. The highest BCUT2D eigenvalue weighted by Crippen LogP contribution is 2.24. The van der Waals surface area contributed by atoms with Crippen LogP contribution in [0.2, 0.25) is 0 Å². The van der Waals surface area contributed by atoms with Gasteiger partial charge in [0.05, 0.1) is 0 Å². The first-order chi connectivity index (χ1) is 9.79. The molecule has 0 radical (unpaired) electrons. The van der Waals surface area contributed by atoms with E-state index in [0.29, 0.717) is 13.0 Å². The first-order valence-electron chi connectivity index (χ1n) is 7.40. The average molecular weight is 308 g/mol. The highest BCUT2D eigenvalue weighted by atomic mass is 32.1. The molecule has 1 aromatic rings. The van der Waals surface area contributed by atoms with E-state index in [0.717, 1.165) is 6.42 Å². The fourth-order valence-electron chi connectivity index (χ4n) is 2.68. The third-order valence-electron chi connectivity index (χ3n) is 3.92. The molecule has 0 aromatic carbocycles. The fourth-order valence-corrected chi connectivity index (χ4v) is 3.36. The zero-order valence-corrected chi connectivity index (χ0v) is 14.0. The van der Waals surface area contributed by atoms with Crippen LogP contribution in [0.4, 0.5) is 0 Å². The van der Waals surface area contributed by atoms with Crippen LogP contribution in [-0.4, -0.2) is 35.3 Å². The van der Waals surface area contributed by atoms with Crippen LogP contribution in [0, 0.1) is 5.41 Å². The molecule has 1 fully saturated rings. The molecule has 0 bridgehead atoms. The van der Waals surface area contributed by atoms with Crippen molar-refractivity contribution in [3.05, 3.63) is 22.4 Å². The van der Waals surface area contributed by atoms with Gasteiger partial charge in [0, 0.05) is 19.0 Å². The monoisotopic (exact) mass is 308 g/mol. The SMILES string of the molecule is CC(Cc1ccsc1)N1CCC(=O)NC(C(C)(C)C)C1=O. The maximum Gasteiger partial charge on any atom is 0.245 e. The van der Waals surface area contributed by atoms with Gasteiger partial charge in [-0.3, -0.25) is 9.59 Å². The number of nitrogens with zero attached hydrogens (tertiary/aromatic N) is 1. The lowest BCUT2D eigenvalue weighted by molar-refractivity contribution is -0.138. The summed E-state index contributed by atoms with van der Waals surface area (Å²) in [5.74, 6) is 0.00425. The van der Waals surface area contributed by atoms with Crippen molar-refractivity contribution in [1.29, 1.82) is 0 Å². The minimum atomic E-state index is -0.447. The summed E-state index contributed by atoms with van der Waals surface area (Å²) in [6.45, 7) is 8.53. The highest BCUT2D eigenvalue weighted by Gasteiger charge is 2.39. The van der Waals surface area contributed by atoms with Crippen LogP contribution >= 0.6 is 11.3 Å². The summed E-state index contributed by atoms with van der Waals surface area (Å²) in [6.07, 6.45) is 1.21. The minimum Gasteiger partial charge on any atom is -0.344 e. The van der Waals surface area contributed by atoms with Gasteiger partial charge in [-0.25, -0.2) is 0 Å². The maximum atomic E-state index is 12.8. The van der Waals surface area contributed by atoms with Crippen molar-refractivity contribution in [2.45, 2.75) is 52.6 Å². The van der Waals surface area contributed by atoms with E-state index >= 15 is 0 Å². The summed E-state index contributed by atoms with van der Waals surface area (Å²) >= 11 is 1.67. The van der Waals surface area contributed by atoms with Gasteiger partial charge in [0.15, 0.2) is 0 Å². The van der Waals surface area contributed by atoms with Crippen LogP contribution in [-0.2, 0) is 16.0 Å². The predicted molar refractivity (Wildman–Crippen MR) is 85.2 cm³/mol. The average Bonchev–Trinajstić information content (AvgIpc) is 2.81.